The summed E-state index contributed by atoms with van der Waals surface area (Å²) in [6.07, 6.45) is -2.26. The second-order valence-electron chi connectivity index (χ2n) is 6.61. The number of hydrogen-bond donors (Lipinski definition) is 1. The predicted molar refractivity (Wildman–Crippen MR) is 94.0 cm³/mol. The van der Waals surface area contributed by atoms with Gasteiger partial charge in [-0.3, -0.25) is 9.69 Å². The van der Waals surface area contributed by atoms with Crippen molar-refractivity contribution in [3.8, 4) is 0 Å². The fourth-order valence-electron chi connectivity index (χ4n) is 3.54. The van der Waals surface area contributed by atoms with E-state index in [0.717, 1.165) is 43.0 Å². The molecule has 0 aromatic heterocycles. The number of rotatable bonds is 2. The van der Waals surface area contributed by atoms with Crippen molar-refractivity contribution in [1.29, 1.82) is 0 Å². The molecule has 2 aliphatic heterocycles. The largest absolute Gasteiger partial charge is 0.416 e. The van der Waals surface area contributed by atoms with Gasteiger partial charge in [-0.2, -0.15) is 13.2 Å². The highest BCUT2D eigenvalue weighted by Gasteiger charge is 2.35. The van der Waals surface area contributed by atoms with E-state index in [4.69, 9.17) is 0 Å². The minimum absolute atomic E-state index is 0.157. The molecule has 2 heterocycles. The smallest absolute Gasteiger partial charge is 0.327 e. The summed E-state index contributed by atoms with van der Waals surface area (Å²) in [5.41, 5.74) is 0.252. The second-order valence-corrected chi connectivity index (χ2v) is 7.70. The summed E-state index contributed by atoms with van der Waals surface area (Å²) in [4.78, 5) is 17.3. The van der Waals surface area contributed by atoms with Crippen molar-refractivity contribution < 1.29 is 22.9 Å². The van der Waals surface area contributed by atoms with E-state index in [1.54, 1.807) is 12.1 Å². The van der Waals surface area contributed by atoms with Gasteiger partial charge in [-0.15, -0.1) is 0 Å². The zero-order valence-corrected chi connectivity index (χ0v) is 14.8. The van der Waals surface area contributed by atoms with Gasteiger partial charge < -0.3 is 4.90 Å². The van der Waals surface area contributed by atoms with Crippen LogP contribution in [0.25, 0.3) is 0 Å². The lowest BCUT2D eigenvalue weighted by molar-refractivity contribution is -0.878. The first-order chi connectivity index (χ1) is 12.4. The van der Waals surface area contributed by atoms with Crippen LogP contribution in [0.15, 0.2) is 52.3 Å². The number of nitrogens with zero attached hydrogens (tertiary/aromatic N) is 1. The number of hydrogen-bond acceptors (Lipinski definition) is 2. The molecule has 3 nitrogen and oxygen atoms in total. The lowest BCUT2D eigenvalue weighted by Crippen LogP contribution is -3.11. The first-order valence-corrected chi connectivity index (χ1v) is 9.40. The molecule has 1 saturated heterocycles. The highest BCUT2D eigenvalue weighted by Crippen LogP contribution is 2.49. The van der Waals surface area contributed by atoms with Crippen molar-refractivity contribution in [1.82, 2.24) is 0 Å². The lowest BCUT2D eigenvalue weighted by Gasteiger charge is -2.32. The number of quaternary nitrogens is 1. The molecule has 2 aromatic carbocycles. The van der Waals surface area contributed by atoms with Crippen LogP contribution in [-0.2, 0) is 11.0 Å². The summed E-state index contributed by atoms with van der Waals surface area (Å²) in [6.45, 7) is 2.17. The minimum atomic E-state index is -4.44. The third-order valence-electron chi connectivity index (χ3n) is 4.81. The number of likely N-dealkylation sites (tertiary alicyclic amines) is 1. The third-order valence-corrected chi connectivity index (χ3v) is 5.94. The molecule has 0 spiro atoms. The van der Waals surface area contributed by atoms with Crippen molar-refractivity contribution in [2.45, 2.75) is 28.8 Å². The zero-order valence-electron chi connectivity index (χ0n) is 14.0. The Kier molecular flexibility index (Phi) is 4.44. The molecule has 0 unspecified atom stereocenters. The average Bonchev–Trinajstić information content (AvgIpc) is 3.11. The zero-order chi connectivity index (χ0) is 18.3. The molecule has 2 aromatic rings. The normalized spacial score (nSPS) is 17.1. The molecular formula is C19H18F3N2OS+. The van der Waals surface area contributed by atoms with Crippen LogP contribution in [-0.4, -0.2) is 25.5 Å². The van der Waals surface area contributed by atoms with E-state index < -0.39 is 11.7 Å². The maximum atomic E-state index is 13.2. The number of carbonyl (C=O) groups excluding carboxylic acids is 1. The number of nitrogens with one attached hydrogen (secondary N) is 1. The molecule has 1 N–H and O–H groups in total. The lowest BCUT2D eigenvalue weighted by atomic mass is 10.1. The van der Waals surface area contributed by atoms with Crippen LogP contribution >= 0.6 is 11.8 Å². The first-order valence-electron chi connectivity index (χ1n) is 8.58. The van der Waals surface area contributed by atoms with Crippen molar-refractivity contribution in [3.05, 3.63) is 48.0 Å². The average molecular weight is 379 g/mol. The number of para-hydroxylation sites is 1. The monoisotopic (exact) mass is 379 g/mol. The highest BCUT2D eigenvalue weighted by molar-refractivity contribution is 7.99. The number of carbonyl (C=O) groups is 1. The van der Waals surface area contributed by atoms with Crippen molar-refractivity contribution >= 4 is 29.0 Å². The number of amides is 1. The van der Waals surface area contributed by atoms with Crippen molar-refractivity contribution in [3.63, 3.8) is 0 Å². The maximum absolute atomic E-state index is 13.2. The fraction of sp³-hybridized carbons (Fsp3) is 0.316. The van der Waals surface area contributed by atoms with Gasteiger partial charge in [0.05, 0.1) is 30.0 Å². The summed E-state index contributed by atoms with van der Waals surface area (Å²) >= 11 is 1.40. The van der Waals surface area contributed by atoms with Gasteiger partial charge in [-0.25, -0.2) is 0 Å². The number of alkyl halides is 3. The number of benzene rings is 2. The Morgan fingerprint density at radius 1 is 1.04 bits per heavy atom. The Morgan fingerprint density at radius 2 is 1.73 bits per heavy atom. The third kappa shape index (κ3) is 3.21. The second kappa shape index (κ2) is 6.63. The summed E-state index contributed by atoms with van der Waals surface area (Å²) in [5, 5.41) is 0. The first kappa shape index (κ1) is 17.4. The molecule has 136 valence electrons. The van der Waals surface area contributed by atoms with Gasteiger partial charge in [0.25, 0.3) is 5.91 Å². The highest BCUT2D eigenvalue weighted by atomic mass is 32.2. The molecule has 1 fully saturated rings. The molecule has 4 rings (SSSR count). The Balaban J connectivity index is 1.77. The van der Waals surface area contributed by atoms with Gasteiger partial charge in [0.1, 0.15) is 0 Å². The Hall–Kier alpha value is -1.99. The standard InChI is InChI=1S/C19H17F3N2OS/c20-19(21,22)13-7-8-17-15(11-13)24(14-5-1-2-6-16(14)26-17)18(25)12-23-9-3-4-10-23/h1-2,5-8,11H,3-4,9-10,12H2/p+1. The van der Waals surface area contributed by atoms with Gasteiger partial charge in [0.2, 0.25) is 0 Å². The number of anilines is 2. The molecule has 0 bridgehead atoms. The molecular weight excluding hydrogens is 361 g/mol. The quantitative estimate of drug-likeness (QED) is 0.864. The van der Waals surface area contributed by atoms with Gasteiger partial charge in [0, 0.05) is 22.6 Å². The van der Waals surface area contributed by atoms with Crippen LogP contribution in [0.2, 0.25) is 0 Å². The van der Waals surface area contributed by atoms with E-state index in [-0.39, 0.29) is 5.91 Å². The molecule has 0 aliphatic carbocycles. The summed E-state index contributed by atoms with van der Waals surface area (Å²) in [7, 11) is 0. The topological polar surface area (TPSA) is 24.8 Å². The Bertz CT molecular complexity index is 847. The fourth-order valence-corrected chi connectivity index (χ4v) is 4.58. The van der Waals surface area contributed by atoms with Crippen LogP contribution in [0.3, 0.4) is 0 Å². The van der Waals surface area contributed by atoms with Gasteiger partial charge in [-0.1, -0.05) is 23.9 Å². The molecule has 0 atom stereocenters. The van der Waals surface area contributed by atoms with E-state index >= 15 is 0 Å². The predicted octanol–water partition coefficient (Wildman–Crippen LogP) is 3.51. The maximum Gasteiger partial charge on any atom is 0.416 e. The SMILES string of the molecule is O=C(C[NH+]1CCCC1)N1c2ccccc2Sc2ccc(C(F)(F)F)cc21. The molecule has 1 amide bonds. The summed E-state index contributed by atoms with van der Waals surface area (Å²) in [5.74, 6) is -0.157. The number of halogens is 3. The van der Waals surface area contributed by atoms with Crippen LogP contribution in [0.4, 0.5) is 24.5 Å². The summed E-state index contributed by atoms with van der Waals surface area (Å²) in [6, 6.07) is 11.0. The van der Waals surface area contributed by atoms with Crippen molar-refractivity contribution in [2.24, 2.45) is 0 Å². The molecule has 2 aliphatic rings. The van der Waals surface area contributed by atoms with E-state index in [0.29, 0.717) is 22.8 Å². The van der Waals surface area contributed by atoms with E-state index in [9.17, 15) is 18.0 Å². The van der Waals surface area contributed by atoms with Gasteiger partial charge in [-0.05, 0) is 30.3 Å². The molecule has 0 radical (unpaired) electrons. The molecule has 26 heavy (non-hydrogen) atoms. The minimum Gasteiger partial charge on any atom is -0.327 e. The number of fused-ring (bicyclic) bond motifs is 2. The van der Waals surface area contributed by atoms with E-state index in [1.807, 2.05) is 12.1 Å². The van der Waals surface area contributed by atoms with Gasteiger partial charge >= 0.3 is 6.18 Å². The summed E-state index contributed by atoms with van der Waals surface area (Å²) < 4.78 is 39.6. The van der Waals surface area contributed by atoms with E-state index in [1.165, 1.54) is 27.6 Å². The molecule has 7 heteroatoms. The van der Waals surface area contributed by atoms with Crippen LogP contribution in [0, 0.1) is 0 Å². The van der Waals surface area contributed by atoms with Crippen LogP contribution in [0.5, 0.6) is 0 Å². The van der Waals surface area contributed by atoms with Crippen LogP contribution < -0.4 is 9.80 Å². The Morgan fingerprint density at radius 3 is 2.46 bits per heavy atom. The van der Waals surface area contributed by atoms with Crippen molar-refractivity contribution in [2.75, 3.05) is 24.5 Å². The van der Waals surface area contributed by atoms with Crippen LogP contribution in [0.1, 0.15) is 18.4 Å². The molecule has 0 saturated carbocycles. The Labute approximate surface area is 153 Å². The van der Waals surface area contributed by atoms with E-state index in [2.05, 4.69) is 0 Å². The van der Waals surface area contributed by atoms with Gasteiger partial charge in [0.15, 0.2) is 6.54 Å².